The third-order valence-corrected chi connectivity index (χ3v) is 3.36. The Hall–Kier alpha value is -2.96. The van der Waals surface area contributed by atoms with Crippen LogP contribution in [0.5, 0.6) is 0 Å². The molecule has 0 fully saturated rings. The molecular formula is C16H18N6O. The Labute approximate surface area is 133 Å². The minimum atomic E-state index is -0.299. The number of carbonyl (C=O) groups is 1. The number of hydrogen-bond donors (Lipinski definition) is 1. The first-order valence-electron chi connectivity index (χ1n) is 7.42. The highest BCUT2D eigenvalue weighted by molar-refractivity contribution is 6.02. The van der Waals surface area contributed by atoms with Crippen LogP contribution in [0, 0.1) is 0 Å². The highest BCUT2D eigenvalue weighted by Gasteiger charge is 2.14. The van der Waals surface area contributed by atoms with E-state index >= 15 is 0 Å². The van der Waals surface area contributed by atoms with Crippen LogP contribution in [0.25, 0.3) is 0 Å². The van der Waals surface area contributed by atoms with Crippen molar-refractivity contribution >= 4 is 11.7 Å². The van der Waals surface area contributed by atoms with E-state index in [4.69, 9.17) is 0 Å². The molecule has 118 valence electrons. The van der Waals surface area contributed by atoms with Crippen LogP contribution in [0.15, 0.2) is 48.8 Å². The van der Waals surface area contributed by atoms with Gasteiger partial charge < -0.3 is 5.32 Å². The van der Waals surface area contributed by atoms with Crippen LogP contribution in [0.1, 0.15) is 35.9 Å². The maximum Gasteiger partial charge on any atom is 0.278 e. The van der Waals surface area contributed by atoms with Crippen molar-refractivity contribution < 1.29 is 4.79 Å². The number of benzene rings is 1. The van der Waals surface area contributed by atoms with E-state index in [0.29, 0.717) is 12.4 Å². The summed E-state index contributed by atoms with van der Waals surface area (Å²) in [5.74, 6) is 0.342. The second kappa shape index (κ2) is 6.43. The lowest BCUT2D eigenvalue weighted by atomic mass is 10.2. The molecule has 1 N–H and O–H groups in total. The summed E-state index contributed by atoms with van der Waals surface area (Å²) in [5.41, 5.74) is 1.37. The molecule has 7 nitrogen and oxygen atoms in total. The van der Waals surface area contributed by atoms with Crippen molar-refractivity contribution in [3.63, 3.8) is 0 Å². The zero-order valence-corrected chi connectivity index (χ0v) is 13.0. The van der Waals surface area contributed by atoms with Gasteiger partial charge in [-0.05, 0) is 19.4 Å². The second-order valence-corrected chi connectivity index (χ2v) is 5.50. The summed E-state index contributed by atoms with van der Waals surface area (Å²) >= 11 is 0. The molecule has 1 amide bonds. The number of hydrogen-bond acceptors (Lipinski definition) is 4. The summed E-state index contributed by atoms with van der Waals surface area (Å²) in [6, 6.07) is 11.8. The third kappa shape index (κ3) is 3.45. The number of nitrogens with one attached hydrogen (secondary N) is 1. The summed E-state index contributed by atoms with van der Waals surface area (Å²) in [5, 5.41) is 14.9. The van der Waals surface area contributed by atoms with Crippen molar-refractivity contribution in [1.82, 2.24) is 24.8 Å². The van der Waals surface area contributed by atoms with Gasteiger partial charge in [-0.2, -0.15) is 5.10 Å². The topological polar surface area (TPSA) is 77.6 Å². The number of rotatable bonds is 5. The maximum absolute atomic E-state index is 12.3. The van der Waals surface area contributed by atoms with Gasteiger partial charge >= 0.3 is 0 Å². The fraction of sp³-hybridized carbons (Fsp3) is 0.250. The van der Waals surface area contributed by atoms with Gasteiger partial charge in [0.05, 0.1) is 18.9 Å². The molecule has 7 heteroatoms. The molecule has 0 saturated carbocycles. The summed E-state index contributed by atoms with van der Waals surface area (Å²) in [6.07, 6.45) is 3.29. The smallest absolute Gasteiger partial charge is 0.278 e. The van der Waals surface area contributed by atoms with E-state index in [2.05, 4.69) is 20.7 Å². The highest BCUT2D eigenvalue weighted by Crippen LogP contribution is 2.14. The lowest BCUT2D eigenvalue weighted by molar-refractivity contribution is 0.102. The molecule has 0 atom stereocenters. The molecule has 0 saturated heterocycles. The van der Waals surface area contributed by atoms with Crippen LogP contribution < -0.4 is 5.32 Å². The van der Waals surface area contributed by atoms with E-state index in [1.54, 1.807) is 27.8 Å². The van der Waals surface area contributed by atoms with Crippen molar-refractivity contribution in [2.24, 2.45) is 0 Å². The highest BCUT2D eigenvalue weighted by atomic mass is 16.2. The fourth-order valence-corrected chi connectivity index (χ4v) is 2.26. The summed E-state index contributed by atoms with van der Waals surface area (Å²) in [6.45, 7) is 4.57. The molecule has 1 aromatic carbocycles. The van der Waals surface area contributed by atoms with E-state index < -0.39 is 0 Å². The second-order valence-electron chi connectivity index (χ2n) is 5.50. The molecule has 0 bridgehead atoms. The van der Waals surface area contributed by atoms with E-state index in [-0.39, 0.29) is 17.6 Å². The Morgan fingerprint density at radius 1 is 1.22 bits per heavy atom. The molecule has 2 heterocycles. The summed E-state index contributed by atoms with van der Waals surface area (Å²) in [7, 11) is 0. The average molecular weight is 310 g/mol. The van der Waals surface area contributed by atoms with E-state index in [1.807, 2.05) is 44.2 Å². The minimum absolute atomic E-state index is 0.161. The first-order chi connectivity index (χ1) is 11.1. The number of nitrogens with zero attached hydrogens (tertiary/aromatic N) is 5. The largest absolute Gasteiger partial charge is 0.305 e. The zero-order valence-electron chi connectivity index (χ0n) is 13.0. The molecule has 0 aliphatic heterocycles. The van der Waals surface area contributed by atoms with E-state index in [1.165, 1.54) is 0 Å². The van der Waals surface area contributed by atoms with Gasteiger partial charge in [0.25, 0.3) is 5.91 Å². The fourth-order valence-electron chi connectivity index (χ4n) is 2.26. The van der Waals surface area contributed by atoms with Gasteiger partial charge in [-0.25, -0.2) is 9.36 Å². The van der Waals surface area contributed by atoms with Crippen molar-refractivity contribution in [1.29, 1.82) is 0 Å². The minimum Gasteiger partial charge on any atom is -0.305 e. The van der Waals surface area contributed by atoms with E-state index in [0.717, 1.165) is 5.56 Å². The predicted octanol–water partition coefficient (Wildman–Crippen LogP) is 2.36. The maximum atomic E-state index is 12.3. The van der Waals surface area contributed by atoms with Gasteiger partial charge in [0.2, 0.25) is 0 Å². The SMILES string of the molecule is CC(C)n1nccc1NC(=O)c1cn(Cc2ccccc2)nn1. The number of carbonyl (C=O) groups excluding carboxylic acids is 1. The molecule has 0 aliphatic carbocycles. The molecule has 0 spiro atoms. The van der Waals surface area contributed by atoms with Crippen LogP contribution in [0.2, 0.25) is 0 Å². The Balaban J connectivity index is 1.70. The van der Waals surface area contributed by atoms with E-state index in [9.17, 15) is 4.79 Å². The normalized spacial score (nSPS) is 10.9. The zero-order chi connectivity index (χ0) is 16.2. The third-order valence-electron chi connectivity index (χ3n) is 3.36. The van der Waals surface area contributed by atoms with Gasteiger partial charge in [0.15, 0.2) is 5.69 Å². The monoisotopic (exact) mass is 310 g/mol. The van der Waals surface area contributed by atoms with Crippen LogP contribution in [-0.4, -0.2) is 30.7 Å². The van der Waals surface area contributed by atoms with Crippen molar-refractivity contribution in [3.05, 3.63) is 60.0 Å². The van der Waals surface area contributed by atoms with Crippen LogP contribution in [0.3, 0.4) is 0 Å². The van der Waals surface area contributed by atoms with Crippen molar-refractivity contribution in [3.8, 4) is 0 Å². The molecule has 0 radical (unpaired) electrons. The number of amides is 1. The molecule has 23 heavy (non-hydrogen) atoms. The van der Waals surface area contributed by atoms with Crippen molar-refractivity contribution in [2.45, 2.75) is 26.4 Å². The van der Waals surface area contributed by atoms with Crippen LogP contribution in [-0.2, 0) is 6.54 Å². The average Bonchev–Trinajstić information content (AvgIpc) is 3.17. The van der Waals surface area contributed by atoms with Gasteiger partial charge in [-0.15, -0.1) is 5.10 Å². The first-order valence-corrected chi connectivity index (χ1v) is 7.42. The van der Waals surface area contributed by atoms with Gasteiger partial charge in [-0.1, -0.05) is 35.5 Å². The quantitative estimate of drug-likeness (QED) is 0.784. The Kier molecular flexibility index (Phi) is 4.18. The standard InChI is InChI=1S/C16H18N6O/c1-12(2)22-15(8-9-17-22)18-16(23)14-11-21(20-19-14)10-13-6-4-3-5-7-13/h3-9,11-12H,10H2,1-2H3,(H,18,23). The van der Waals surface area contributed by atoms with Crippen molar-refractivity contribution in [2.75, 3.05) is 5.32 Å². The van der Waals surface area contributed by atoms with Gasteiger partial charge in [-0.3, -0.25) is 4.79 Å². The van der Waals surface area contributed by atoms with Crippen LogP contribution >= 0.6 is 0 Å². The first kappa shape index (κ1) is 15.0. The molecular weight excluding hydrogens is 292 g/mol. The van der Waals surface area contributed by atoms with Gasteiger partial charge in [0.1, 0.15) is 5.82 Å². The lowest BCUT2D eigenvalue weighted by Gasteiger charge is -2.10. The summed E-state index contributed by atoms with van der Waals surface area (Å²) in [4.78, 5) is 12.3. The lowest BCUT2D eigenvalue weighted by Crippen LogP contribution is -2.17. The van der Waals surface area contributed by atoms with Crippen LogP contribution in [0.4, 0.5) is 5.82 Å². The number of aromatic nitrogens is 5. The molecule has 0 aliphatic rings. The Bertz CT molecular complexity index is 790. The molecule has 0 unspecified atom stereocenters. The molecule has 3 rings (SSSR count). The molecule has 3 aromatic rings. The Morgan fingerprint density at radius 2 is 2.00 bits per heavy atom. The predicted molar refractivity (Wildman–Crippen MR) is 86.1 cm³/mol. The number of anilines is 1. The summed E-state index contributed by atoms with van der Waals surface area (Å²) < 4.78 is 3.39. The molecule has 2 aromatic heterocycles. The van der Waals surface area contributed by atoms with Gasteiger partial charge in [0, 0.05) is 12.1 Å². The Morgan fingerprint density at radius 3 is 2.74 bits per heavy atom.